The number of piperazine rings is 1. The minimum absolute atomic E-state index is 0.113. The Morgan fingerprint density at radius 2 is 1.68 bits per heavy atom. The molecule has 7 nitrogen and oxygen atoms in total. The summed E-state index contributed by atoms with van der Waals surface area (Å²) in [4.78, 5) is 43.3. The summed E-state index contributed by atoms with van der Waals surface area (Å²) in [6.45, 7) is 7.22. The Morgan fingerprint density at radius 3 is 2.25 bits per heavy atom. The first-order valence-electron chi connectivity index (χ1n) is 9.33. The van der Waals surface area contributed by atoms with Gasteiger partial charge in [0.15, 0.2) is 12.4 Å². The second-order valence-electron chi connectivity index (χ2n) is 6.96. The van der Waals surface area contributed by atoms with Gasteiger partial charge in [0.2, 0.25) is 0 Å². The molecular weight excluding hydrogens is 358 g/mol. The van der Waals surface area contributed by atoms with Crippen LogP contribution in [0, 0.1) is 13.8 Å². The Hall–Kier alpha value is -3.09. The number of H-pyrrole nitrogens is 1. The van der Waals surface area contributed by atoms with Gasteiger partial charge in [-0.3, -0.25) is 9.59 Å². The summed E-state index contributed by atoms with van der Waals surface area (Å²) in [6.07, 6.45) is 0. The number of rotatable bonds is 5. The molecule has 0 unspecified atom stereocenters. The van der Waals surface area contributed by atoms with E-state index in [-0.39, 0.29) is 24.0 Å². The quantitative estimate of drug-likeness (QED) is 0.633. The monoisotopic (exact) mass is 383 g/mol. The number of hydrogen-bond acceptors (Lipinski definition) is 5. The van der Waals surface area contributed by atoms with Crippen molar-refractivity contribution < 1.29 is 19.1 Å². The number of aromatic nitrogens is 1. The van der Waals surface area contributed by atoms with Crippen molar-refractivity contribution in [1.29, 1.82) is 0 Å². The van der Waals surface area contributed by atoms with Gasteiger partial charge < -0.3 is 19.5 Å². The SMILES string of the molecule is CC(=O)c1c(C)[nH]c(C(=O)OCC(=O)N2CCN(c3ccccc3)CC2)c1C. The van der Waals surface area contributed by atoms with E-state index in [1.165, 1.54) is 6.92 Å². The molecule has 2 aromatic rings. The van der Waals surface area contributed by atoms with E-state index in [1.54, 1.807) is 18.7 Å². The number of hydrogen-bond donors (Lipinski definition) is 1. The predicted octanol–water partition coefficient (Wildman–Crippen LogP) is 2.34. The fraction of sp³-hybridized carbons (Fsp3) is 0.381. The number of ether oxygens (including phenoxy) is 1. The molecule has 0 aliphatic carbocycles. The number of carbonyl (C=O) groups excluding carboxylic acids is 3. The maximum Gasteiger partial charge on any atom is 0.355 e. The molecule has 0 saturated carbocycles. The van der Waals surface area contributed by atoms with Crippen LogP contribution in [-0.4, -0.2) is 60.3 Å². The lowest BCUT2D eigenvalue weighted by Crippen LogP contribution is -2.49. The minimum Gasteiger partial charge on any atom is -0.451 e. The molecule has 1 N–H and O–H groups in total. The Morgan fingerprint density at radius 1 is 1.04 bits per heavy atom. The van der Waals surface area contributed by atoms with Crippen LogP contribution in [0.4, 0.5) is 5.69 Å². The predicted molar refractivity (Wildman–Crippen MR) is 106 cm³/mol. The van der Waals surface area contributed by atoms with Crippen LogP contribution in [0.1, 0.15) is 39.0 Å². The van der Waals surface area contributed by atoms with E-state index in [0.717, 1.165) is 18.8 Å². The van der Waals surface area contributed by atoms with E-state index in [1.807, 2.05) is 18.2 Å². The maximum atomic E-state index is 12.4. The van der Waals surface area contributed by atoms with E-state index in [4.69, 9.17) is 4.74 Å². The van der Waals surface area contributed by atoms with Gasteiger partial charge in [-0.25, -0.2) is 4.79 Å². The van der Waals surface area contributed by atoms with Crippen molar-refractivity contribution in [3.8, 4) is 0 Å². The Balaban J connectivity index is 1.53. The number of amides is 1. The standard InChI is InChI=1S/C21H25N3O4/c1-14-19(16(3)25)15(2)22-20(14)21(27)28-13-18(26)24-11-9-23(10-12-24)17-7-5-4-6-8-17/h4-8,22H,9-13H2,1-3H3. The van der Waals surface area contributed by atoms with Gasteiger partial charge in [-0.15, -0.1) is 0 Å². The van der Waals surface area contributed by atoms with Gasteiger partial charge in [-0.1, -0.05) is 18.2 Å². The Bertz CT molecular complexity index is 881. The molecule has 1 aromatic heterocycles. The van der Waals surface area contributed by atoms with Crippen molar-refractivity contribution >= 4 is 23.3 Å². The van der Waals surface area contributed by atoms with Crippen LogP contribution in [0.15, 0.2) is 30.3 Å². The third-order valence-electron chi connectivity index (χ3n) is 5.07. The summed E-state index contributed by atoms with van der Waals surface area (Å²) in [5, 5.41) is 0. The highest BCUT2D eigenvalue weighted by Crippen LogP contribution is 2.19. The summed E-state index contributed by atoms with van der Waals surface area (Å²) in [6, 6.07) is 10.1. The lowest BCUT2D eigenvalue weighted by atomic mass is 10.1. The third kappa shape index (κ3) is 4.08. The number of aromatic amines is 1. The molecule has 28 heavy (non-hydrogen) atoms. The topological polar surface area (TPSA) is 82.7 Å². The molecule has 0 radical (unpaired) electrons. The van der Waals surface area contributed by atoms with Crippen molar-refractivity contribution in [3.63, 3.8) is 0 Å². The largest absolute Gasteiger partial charge is 0.451 e. The van der Waals surface area contributed by atoms with Crippen LogP contribution in [0.25, 0.3) is 0 Å². The number of nitrogens with zero attached hydrogens (tertiary/aromatic N) is 2. The smallest absolute Gasteiger partial charge is 0.355 e. The van der Waals surface area contributed by atoms with Crippen LogP contribution in [0.5, 0.6) is 0 Å². The summed E-state index contributed by atoms with van der Waals surface area (Å²) in [5.74, 6) is -0.948. The summed E-state index contributed by atoms with van der Waals surface area (Å²) in [7, 11) is 0. The molecule has 7 heteroatoms. The number of para-hydroxylation sites is 1. The van der Waals surface area contributed by atoms with Crippen LogP contribution in [0.3, 0.4) is 0 Å². The van der Waals surface area contributed by atoms with Crippen LogP contribution in [-0.2, 0) is 9.53 Å². The molecule has 1 aliphatic heterocycles. The van der Waals surface area contributed by atoms with Gasteiger partial charge in [-0.2, -0.15) is 0 Å². The molecule has 1 amide bonds. The molecule has 3 rings (SSSR count). The van der Waals surface area contributed by atoms with Gasteiger partial charge in [0.25, 0.3) is 5.91 Å². The zero-order valence-corrected chi connectivity index (χ0v) is 16.4. The number of ketones is 1. The molecule has 0 spiro atoms. The number of esters is 1. The second-order valence-corrected chi connectivity index (χ2v) is 6.96. The molecular formula is C21H25N3O4. The number of carbonyl (C=O) groups is 3. The number of aryl methyl sites for hydroxylation is 1. The average molecular weight is 383 g/mol. The summed E-state index contributed by atoms with van der Waals surface area (Å²) >= 11 is 0. The fourth-order valence-corrected chi connectivity index (χ4v) is 3.63. The minimum atomic E-state index is -0.621. The molecule has 0 atom stereocenters. The molecule has 1 fully saturated rings. The molecule has 2 heterocycles. The van der Waals surface area contributed by atoms with Gasteiger partial charge >= 0.3 is 5.97 Å². The van der Waals surface area contributed by atoms with Crippen LogP contribution < -0.4 is 4.90 Å². The normalized spacial score (nSPS) is 14.1. The first-order valence-corrected chi connectivity index (χ1v) is 9.33. The second kappa shape index (κ2) is 8.29. The molecule has 1 aromatic carbocycles. The van der Waals surface area contributed by atoms with Gasteiger partial charge in [-0.05, 0) is 38.5 Å². The maximum absolute atomic E-state index is 12.4. The van der Waals surface area contributed by atoms with Gasteiger partial charge in [0.1, 0.15) is 5.69 Å². The van der Waals surface area contributed by atoms with E-state index >= 15 is 0 Å². The van der Waals surface area contributed by atoms with Gasteiger partial charge in [0.05, 0.1) is 0 Å². The first kappa shape index (κ1) is 19.7. The third-order valence-corrected chi connectivity index (χ3v) is 5.07. The van der Waals surface area contributed by atoms with Crippen LogP contribution >= 0.6 is 0 Å². The molecule has 0 bridgehead atoms. The van der Waals surface area contributed by atoms with Crippen molar-refractivity contribution in [1.82, 2.24) is 9.88 Å². The van der Waals surface area contributed by atoms with Crippen molar-refractivity contribution in [2.24, 2.45) is 0 Å². The summed E-state index contributed by atoms with van der Waals surface area (Å²) < 4.78 is 5.20. The molecule has 148 valence electrons. The van der Waals surface area contributed by atoms with Crippen LogP contribution in [0.2, 0.25) is 0 Å². The van der Waals surface area contributed by atoms with E-state index in [2.05, 4.69) is 22.0 Å². The lowest BCUT2D eigenvalue weighted by Gasteiger charge is -2.36. The zero-order valence-electron chi connectivity index (χ0n) is 16.4. The molecule has 1 saturated heterocycles. The van der Waals surface area contributed by atoms with E-state index in [0.29, 0.717) is 29.9 Å². The first-order chi connectivity index (χ1) is 13.4. The average Bonchev–Trinajstić information content (AvgIpc) is 3.01. The number of anilines is 1. The molecule has 1 aliphatic rings. The van der Waals surface area contributed by atoms with Gasteiger partial charge in [0, 0.05) is 43.1 Å². The van der Waals surface area contributed by atoms with E-state index < -0.39 is 5.97 Å². The fourth-order valence-electron chi connectivity index (χ4n) is 3.63. The number of nitrogens with one attached hydrogen (secondary N) is 1. The lowest BCUT2D eigenvalue weighted by molar-refractivity contribution is -0.134. The highest BCUT2D eigenvalue weighted by Gasteiger charge is 2.24. The highest BCUT2D eigenvalue weighted by molar-refractivity contribution is 6.01. The summed E-state index contributed by atoms with van der Waals surface area (Å²) in [5.41, 5.74) is 3.04. The highest BCUT2D eigenvalue weighted by atomic mass is 16.5. The number of benzene rings is 1. The van der Waals surface area contributed by atoms with Crippen molar-refractivity contribution in [2.75, 3.05) is 37.7 Å². The van der Waals surface area contributed by atoms with E-state index in [9.17, 15) is 14.4 Å². The zero-order chi connectivity index (χ0) is 20.3. The Kier molecular flexibility index (Phi) is 5.82. The Labute approximate surface area is 164 Å². The van der Waals surface area contributed by atoms with Crippen molar-refractivity contribution in [2.45, 2.75) is 20.8 Å². The number of Topliss-reactive ketones (excluding diaryl/α,β-unsaturated/α-hetero) is 1. The van der Waals surface area contributed by atoms with Crippen molar-refractivity contribution in [3.05, 3.63) is 52.8 Å².